The number of ether oxygens (including phenoxy) is 3. The summed E-state index contributed by atoms with van der Waals surface area (Å²) in [4.78, 5) is 10.1. The van der Waals surface area contributed by atoms with Crippen molar-refractivity contribution >= 4 is 11.6 Å². The number of phenols is 1. The number of rotatable bonds is 2. The monoisotopic (exact) mass is 381 g/mol. The van der Waals surface area contributed by atoms with Crippen LogP contribution < -0.4 is 9.47 Å². The minimum absolute atomic E-state index is 0.228. The highest BCUT2D eigenvalue weighted by Crippen LogP contribution is 2.34. The molecule has 0 fully saturated rings. The first-order chi connectivity index (χ1) is 13.7. The SMILES string of the molecule is Oc1ccc2c(c1)CCN1C2=CC(OCC2COc3ncccc3O2)=NC1O. The summed E-state index contributed by atoms with van der Waals surface area (Å²) in [7, 11) is 0. The normalized spacial score (nSPS) is 22.5. The predicted octanol–water partition coefficient (Wildman–Crippen LogP) is 1.53. The maximum absolute atomic E-state index is 10.4. The molecule has 5 rings (SSSR count). The van der Waals surface area contributed by atoms with Crippen LogP contribution in [0.4, 0.5) is 0 Å². The third kappa shape index (κ3) is 3.01. The number of hydrogen-bond donors (Lipinski definition) is 2. The molecule has 0 amide bonds. The number of aliphatic hydroxyl groups is 1. The minimum Gasteiger partial charge on any atom is -0.508 e. The van der Waals surface area contributed by atoms with E-state index in [1.165, 1.54) is 0 Å². The van der Waals surface area contributed by atoms with E-state index in [1.54, 1.807) is 36.5 Å². The van der Waals surface area contributed by atoms with Crippen LogP contribution in [0.5, 0.6) is 17.4 Å². The van der Waals surface area contributed by atoms with Gasteiger partial charge in [0.05, 0.1) is 5.70 Å². The quantitative estimate of drug-likeness (QED) is 0.814. The maximum atomic E-state index is 10.4. The molecule has 2 atom stereocenters. The first-order valence-electron chi connectivity index (χ1n) is 9.11. The number of pyridine rings is 1. The summed E-state index contributed by atoms with van der Waals surface area (Å²) in [5, 5.41) is 20.2. The maximum Gasteiger partial charge on any atom is 0.257 e. The zero-order chi connectivity index (χ0) is 19.1. The van der Waals surface area contributed by atoms with Crippen molar-refractivity contribution < 1.29 is 24.4 Å². The molecule has 3 aliphatic rings. The van der Waals surface area contributed by atoms with Gasteiger partial charge >= 0.3 is 0 Å². The predicted molar refractivity (Wildman–Crippen MR) is 100 cm³/mol. The average Bonchev–Trinajstić information content (AvgIpc) is 2.71. The number of aromatic hydroxyl groups is 1. The Bertz CT molecular complexity index is 974. The van der Waals surface area contributed by atoms with Crippen molar-refractivity contribution in [1.29, 1.82) is 0 Å². The van der Waals surface area contributed by atoms with Crippen LogP contribution >= 0.6 is 0 Å². The van der Waals surface area contributed by atoms with Gasteiger partial charge in [-0.1, -0.05) is 0 Å². The number of aliphatic imine (C=N–C) groups is 1. The molecule has 0 radical (unpaired) electrons. The Morgan fingerprint density at radius 1 is 1.29 bits per heavy atom. The van der Waals surface area contributed by atoms with Crippen molar-refractivity contribution in [2.75, 3.05) is 19.8 Å². The summed E-state index contributed by atoms with van der Waals surface area (Å²) >= 11 is 0. The second-order valence-electron chi connectivity index (χ2n) is 6.80. The first kappa shape index (κ1) is 16.9. The van der Waals surface area contributed by atoms with Crippen LogP contribution in [0.25, 0.3) is 5.70 Å². The van der Waals surface area contributed by atoms with Gasteiger partial charge in [-0.3, -0.25) is 0 Å². The molecule has 1 aromatic carbocycles. The van der Waals surface area contributed by atoms with Gasteiger partial charge in [-0.25, -0.2) is 4.98 Å². The Labute approximate surface area is 161 Å². The Morgan fingerprint density at radius 2 is 2.21 bits per heavy atom. The van der Waals surface area contributed by atoms with Crippen molar-refractivity contribution in [3.63, 3.8) is 0 Å². The third-order valence-corrected chi connectivity index (χ3v) is 4.93. The van der Waals surface area contributed by atoms with Crippen molar-refractivity contribution in [2.45, 2.75) is 18.9 Å². The standard InChI is InChI=1S/C20H19N3O5/c24-13-3-4-15-12(8-13)5-7-23-16(15)9-18(22-20(23)25)26-10-14-11-27-19-17(28-14)2-1-6-21-19/h1-4,6,8-9,14,20,24-25H,5,7,10-11H2. The zero-order valence-electron chi connectivity index (χ0n) is 15.0. The molecule has 2 N–H and O–H groups in total. The van der Waals surface area contributed by atoms with Crippen LogP contribution in [-0.2, 0) is 11.2 Å². The Hall–Kier alpha value is -3.26. The van der Waals surface area contributed by atoms with Crippen molar-refractivity contribution in [2.24, 2.45) is 4.99 Å². The molecule has 0 spiro atoms. The van der Waals surface area contributed by atoms with Crippen LogP contribution in [0, 0.1) is 0 Å². The number of aromatic nitrogens is 1. The van der Waals surface area contributed by atoms with E-state index in [0.717, 1.165) is 23.2 Å². The van der Waals surface area contributed by atoms with E-state index in [-0.39, 0.29) is 18.5 Å². The fourth-order valence-corrected chi connectivity index (χ4v) is 3.59. The minimum atomic E-state index is -1.01. The van der Waals surface area contributed by atoms with Crippen LogP contribution in [0.1, 0.15) is 11.1 Å². The lowest BCUT2D eigenvalue weighted by atomic mass is 9.95. The summed E-state index contributed by atoms with van der Waals surface area (Å²) in [5.74, 6) is 1.63. The van der Waals surface area contributed by atoms with Crippen LogP contribution in [-0.4, -0.2) is 58.2 Å². The number of phenolic OH excluding ortho intramolecular Hbond substituents is 1. The van der Waals surface area contributed by atoms with E-state index in [0.29, 0.717) is 30.7 Å². The van der Waals surface area contributed by atoms with Gasteiger partial charge in [-0.15, -0.1) is 0 Å². The molecule has 0 saturated heterocycles. The Kier molecular flexibility index (Phi) is 4.05. The van der Waals surface area contributed by atoms with Gasteiger partial charge in [0.15, 0.2) is 11.9 Å². The molecule has 0 bridgehead atoms. The Balaban J connectivity index is 1.32. The number of nitrogens with zero attached hydrogens (tertiary/aromatic N) is 3. The van der Waals surface area contributed by atoms with E-state index in [4.69, 9.17) is 14.2 Å². The number of hydrogen-bond acceptors (Lipinski definition) is 8. The van der Waals surface area contributed by atoms with Gasteiger partial charge < -0.3 is 29.3 Å². The molecule has 8 heteroatoms. The van der Waals surface area contributed by atoms with E-state index in [9.17, 15) is 10.2 Å². The molecule has 144 valence electrons. The van der Waals surface area contributed by atoms with Gasteiger partial charge in [0.25, 0.3) is 5.88 Å². The van der Waals surface area contributed by atoms with Crippen molar-refractivity contribution in [3.8, 4) is 17.4 Å². The molecule has 2 aromatic rings. The van der Waals surface area contributed by atoms with E-state index < -0.39 is 6.35 Å². The summed E-state index contributed by atoms with van der Waals surface area (Å²) < 4.78 is 17.2. The summed E-state index contributed by atoms with van der Waals surface area (Å²) in [6.07, 6.45) is 2.87. The first-order valence-corrected chi connectivity index (χ1v) is 9.11. The topological polar surface area (TPSA) is 96.6 Å². The zero-order valence-corrected chi connectivity index (χ0v) is 15.0. The molecule has 28 heavy (non-hydrogen) atoms. The number of fused-ring (bicyclic) bond motifs is 4. The van der Waals surface area contributed by atoms with Gasteiger partial charge in [0.1, 0.15) is 19.0 Å². The molecule has 8 nitrogen and oxygen atoms in total. The summed E-state index contributed by atoms with van der Waals surface area (Å²) in [6.45, 7) is 1.17. The van der Waals surface area contributed by atoms with Gasteiger partial charge in [0.2, 0.25) is 12.2 Å². The largest absolute Gasteiger partial charge is 0.508 e. The lowest BCUT2D eigenvalue weighted by Gasteiger charge is -2.37. The van der Waals surface area contributed by atoms with Crippen molar-refractivity contribution in [3.05, 3.63) is 53.7 Å². The van der Waals surface area contributed by atoms with Crippen molar-refractivity contribution in [1.82, 2.24) is 9.88 Å². The molecule has 0 saturated carbocycles. The molecular formula is C20H19N3O5. The highest BCUT2D eigenvalue weighted by Gasteiger charge is 2.30. The van der Waals surface area contributed by atoms with E-state index in [1.807, 2.05) is 11.0 Å². The van der Waals surface area contributed by atoms with Gasteiger partial charge in [0, 0.05) is 24.4 Å². The highest BCUT2D eigenvalue weighted by atomic mass is 16.6. The van der Waals surface area contributed by atoms with Crippen LogP contribution in [0.2, 0.25) is 0 Å². The third-order valence-electron chi connectivity index (χ3n) is 4.93. The Morgan fingerprint density at radius 3 is 3.14 bits per heavy atom. The second-order valence-corrected chi connectivity index (χ2v) is 6.80. The average molecular weight is 381 g/mol. The number of benzene rings is 1. The van der Waals surface area contributed by atoms with Gasteiger partial charge in [-0.05, 0) is 42.3 Å². The molecule has 2 unspecified atom stereocenters. The van der Waals surface area contributed by atoms with E-state index in [2.05, 4.69) is 9.98 Å². The molecule has 3 aliphatic heterocycles. The molecule has 1 aromatic heterocycles. The molecule has 4 heterocycles. The fourth-order valence-electron chi connectivity index (χ4n) is 3.59. The smallest absolute Gasteiger partial charge is 0.257 e. The van der Waals surface area contributed by atoms with Gasteiger partial charge in [-0.2, -0.15) is 4.99 Å². The fraction of sp³-hybridized carbons (Fsp3) is 0.300. The summed E-state index contributed by atoms with van der Waals surface area (Å²) in [5.41, 5.74) is 2.81. The highest BCUT2D eigenvalue weighted by molar-refractivity contribution is 5.97. The lowest BCUT2D eigenvalue weighted by Crippen LogP contribution is -2.41. The van der Waals surface area contributed by atoms with E-state index >= 15 is 0 Å². The lowest BCUT2D eigenvalue weighted by molar-refractivity contribution is 0.0348. The number of aliphatic hydroxyl groups excluding tert-OH is 1. The van der Waals surface area contributed by atoms with Crippen LogP contribution in [0.3, 0.4) is 0 Å². The second kappa shape index (κ2) is 6.72. The molecule has 0 aliphatic carbocycles. The summed E-state index contributed by atoms with van der Waals surface area (Å²) in [6, 6.07) is 8.82. The molecular weight excluding hydrogens is 362 g/mol. The van der Waals surface area contributed by atoms with Crippen LogP contribution in [0.15, 0.2) is 47.6 Å².